The van der Waals surface area contributed by atoms with Gasteiger partial charge >= 0.3 is 12.0 Å². The number of carbonyl (C=O) groups is 2. The van der Waals surface area contributed by atoms with Gasteiger partial charge in [-0.2, -0.15) is 0 Å². The number of carboxylic acid groups (broad SMARTS) is 1. The number of hydrogen-bond donors (Lipinski definition) is 2. The highest BCUT2D eigenvalue weighted by atomic mass is 16.4. The van der Waals surface area contributed by atoms with E-state index in [0.717, 1.165) is 38.6 Å². The number of rotatable bonds is 4. The van der Waals surface area contributed by atoms with E-state index in [1.807, 2.05) is 4.90 Å². The van der Waals surface area contributed by atoms with Gasteiger partial charge < -0.3 is 15.3 Å². The molecule has 1 saturated heterocycles. The van der Waals surface area contributed by atoms with Crippen LogP contribution in [-0.2, 0) is 4.79 Å². The van der Waals surface area contributed by atoms with Crippen LogP contribution in [0.1, 0.15) is 52.4 Å². The van der Waals surface area contributed by atoms with Crippen molar-refractivity contribution in [3.8, 4) is 0 Å². The quantitative estimate of drug-likeness (QED) is 0.810. The third kappa shape index (κ3) is 3.89. The minimum Gasteiger partial charge on any atom is -0.480 e. The predicted octanol–water partition coefficient (Wildman–Crippen LogP) is 2.21. The SMILES string of the molecule is CCC1CCCCCN1C(=O)N[C@@H](CC)C(=O)O. The van der Waals surface area contributed by atoms with Gasteiger partial charge in [-0.25, -0.2) is 9.59 Å². The Kier molecular flexibility index (Phi) is 5.95. The summed E-state index contributed by atoms with van der Waals surface area (Å²) >= 11 is 0. The van der Waals surface area contributed by atoms with E-state index in [0.29, 0.717) is 6.42 Å². The van der Waals surface area contributed by atoms with Crippen molar-refractivity contribution in [2.24, 2.45) is 0 Å². The maximum absolute atomic E-state index is 12.1. The summed E-state index contributed by atoms with van der Waals surface area (Å²) in [4.78, 5) is 24.9. The second-order valence-electron chi connectivity index (χ2n) is 4.85. The topological polar surface area (TPSA) is 69.6 Å². The number of likely N-dealkylation sites (tertiary alicyclic amines) is 1. The largest absolute Gasteiger partial charge is 0.480 e. The van der Waals surface area contributed by atoms with Gasteiger partial charge in [0.2, 0.25) is 0 Å². The molecule has 1 aliphatic rings. The molecule has 0 spiro atoms. The maximum Gasteiger partial charge on any atom is 0.326 e. The standard InChI is InChI=1S/C13H24N2O3/c1-3-10-8-6-5-7-9-15(10)13(18)14-11(4-2)12(16)17/h10-11H,3-9H2,1-2H3,(H,14,18)(H,16,17)/t10?,11-/m0/s1. The molecule has 0 bridgehead atoms. The van der Waals surface area contributed by atoms with Crippen LogP contribution in [0, 0.1) is 0 Å². The fourth-order valence-corrected chi connectivity index (χ4v) is 2.44. The molecular weight excluding hydrogens is 232 g/mol. The molecule has 0 aliphatic carbocycles. The smallest absolute Gasteiger partial charge is 0.326 e. The Balaban J connectivity index is 2.64. The van der Waals surface area contributed by atoms with Crippen LogP contribution >= 0.6 is 0 Å². The average molecular weight is 256 g/mol. The lowest BCUT2D eigenvalue weighted by atomic mass is 10.1. The number of amides is 2. The summed E-state index contributed by atoms with van der Waals surface area (Å²) in [5.74, 6) is -0.964. The van der Waals surface area contributed by atoms with Gasteiger partial charge in [-0.15, -0.1) is 0 Å². The number of aliphatic carboxylic acids is 1. The molecule has 0 aromatic carbocycles. The Morgan fingerprint density at radius 2 is 2.06 bits per heavy atom. The fraction of sp³-hybridized carbons (Fsp3) is 0.846. The normalized spacial score (nSPS) is 22.1. The number of carboxylic acids is 1. The van der Waals surface area contributed by atoms with Crippen molar-refractivity contribution in [3.63, 3.8) is 0 Å². The highest BCUT2D eigenvalue weighted by Gasteiger charge is 2.27. The zero-order chi connectivity index (χ0) is 13.5. The Hall–Kier alpha value is -1.26. The maximum atomic E-state index is 12.1. The first-order valence-electron chi connectivity index (χ1n) is 6.90. The average Bonchev–Trinajstić information content (AvgIpc) is 2.60. The first-order valence-corrected chi connectivity index (χ1v) is 6.90. The minimum absolute atomic E-state index is 0.224. The molecule has 0 saturated carbocycles. The lowest BCUT2D eigenvalue weighted by Gasteiger charge is -2.30. The number of urea groups is 1. The van der Waals surface area contributed by atoms with Gasteiger partial charge in [-0.3, -0.25) is 0 Å². The molecule has 0 aromatic heterocycles. The van der Waals surface area contributed by atoms with E-state index in [1.54, 1.807) is 6.92 Å². The summed E-state index contributed by atoms with van der Waals surface area (Å²) in [6.07, 6.45) is 5.67. The Bertz CT molecular complexity index is 294. The van der Waals surface area contributed by atoms with Crippen LogP contribution in [-0.4, -0.2) is 40.6 Å². The lowest BCUT2D eigenvalue weighted by Crippen LogP contribution is -2.51. The van der Waals surface area contributed by atoms with Crippen LogP contribution in [0.4, 0.5) is 4.79 Å². The van der Waals surface area contributed by atoms with E-state index in [-0.39, 0.29) is 12.1 Å². The number of hydrogen-bond acceptors (Lipinski definition) is 2. The Labute approximate surface area is 109 Å². The molecule has 1 fully saturated rings. The molecule has 2 amide bonds. The van der Waals surface area contributed by atoms with Crippen molar-refractivity contribution in [2.75, 3.05) is 6.54 Å². The number of nitrogens with one attached hydrogen (secondary N) is 1. The summed E-state index contributed by atoms with van der Waals surface area (Å²) in [6, 6.07) is -0.755. The van der Waals surface area contributed by atoms with Gasteiger partial charge in [-0.1, -0.05) is 26.7 Å². The molecule has 1 heterocycles. The van der Waals surface area contributed by atoms with Crippen LogP contribution in [0.15, 0.2) is 0 Å². The molecule has 104 valence electrons. The first kappa shape index (κ1) is 14.8. The molecule has 1 rings (SSSR count). The number of nitrogens with zero attached hydrogens (tertiary/aromatic N) is 1. The van der Waals surface area contributed by atoms with Gasteiger partial charge in [-0.05, 0) is 25.7 Å². The minimum atomic E-state index is -0.964. The van der Waals surface area contributed by atoms with Crippen molar-refractivity contribution in [2.45, 2.75) is 64.5 Å². The molecule has 2 atom stereocenters. The van der Waals surface area contributed by atoms with Gasteiger partial charge in [0.05, 0.1) is 0 Å². The third-order valence-corrected chi connectivity index (χ3v) is 3.61. The second kappa shape index (κ2) is 7.24. The fourth-order valence-electron chi connectivity index (χ4n) is 2.44. The summed E-state index contributed by atoms with van der Waals surface area (Å²) in [6.45, 7) is 4.57. The van der Waals surface area contributed by atoms with Crippen molar-refractivity contribution >= 4 is 12.0 Å². The second-order valence-corrected chi connectivity index (χ2v) is 4.85. The van der Waals surface area contributed by atoms with Crippen molar-refractivity contribution in [1.82, 2.24) is 10.2 Å². The number of carbonyl (C=O) groups excluding carboxylic acids is 1. The third-order valence-electron chi connectivity index (χ3n) is 3.61. The monoisotopic (exact) mass is 256 g/mol. The first-order chi connectivity index (χ1) is 8.60. The van der Waals surface area contributed by atoms with Crippen molar-refractivity contribution in [3.05, 3.63) is 0 Å². The molecule has 0 radical (unpaired) electrons. The molecule has 0 aromatic rings. The highest BCUT2D eigenvalue weighted by Crippen LogP contribution is 2.19. The summed E-state index contributed by atoms with van der Waals surface area (Å²) in [5, 5.41) is 11.6. The van der Waals surface area contributed by atoms with E-state index in [1.165, 1.54) is 0 Å². The van der Waals surface area contributed by atoms with Gasteiger partial charge in [0.25, 0.3) is 0 Å². The van der Waals surface area contributed by atoms with Crippen LogP contribution in [0.3, 0.4) is 0 Å². The van der Waals surface area contributed by atoms with Crippen molar-refractivity contribution < 1.29 is 14.7 Å². The van der Waals surface area contributed by atoms with E-state index in [2.05, 4.69) is 12.2 Å². The van der Waals surface area contributed by atoms with Gasteiger partial charge in [0.1, 0.15) is 6.04 Å². The molecule has 2 N–H and O–H groups in total. The Morgan fingerprint density at radius 3 is 2.61 bits per heavy atom. The molecule has 5 nitrogen and oxygen atoms in total. The highest BCUT2D eigenvalue weighted by molar-refractivity contribution is 5.82. The summed E-state index contributed by atoms with van der Waals surface area (Å²) in [5.41, 5.74) is 0. The van der Waals surface area contributed by atoms with Crippen LogP contribution in [0.5, 0.6) is 0 Å². The van der Waals surface area contributed by atoms with E-state index < -0.39 is 12.0 Å². The lowest BCUT2D eigenvalue weighted by molar-refractivity contribution is -0.139. The Morgan fingerprint density at radius 1 is 1.33 bits per heavy atom. The molecule has 1 unspecified atom stereocenters. The predicted molar refractivity (Wildman–Crippen MR) is 69.5 cm³/mol. The zero-order valence-electron chi connectivity index (χ0n) is 11.3. The van der Waals surface area contributed by atoms with Crippen molar-refractivity contribution in [1.29, 1.82) is 0 Å². The molecular formula is C13H24N2O3. The molecule has 1 aliphatic heterocycles. The zero-order valence-corrected chi connectivity index (χ0v) is 11.3. The summed E-state index contributed by atoms with van der Waals surface area (Å²) in [7, 11) is 0. The van der Waals surface area contributed by atoms with E-state index in [4.69, 9.17) is 5.11 Å². The van der Waals surface area contributed by atoms with E-state index >= 15 is 0 Å². The van der Waals surface area contributed by atoms with Crippen LogP contribution < -0.4 is 5.32 Å². The molecule has 18 heavy (non-hydrogen) atoms. The van der Waals surface area contributed by atoms with Gasteiger partial charge in [0, 0.05) is 12.6 Å². The molecule has 5 heteroatoms. The summed E-state index contributed by atoms with van der Waals surface area (Å²) < 4.78 is 0. The van der Waals surface area contributed by atoms with Gasteiger partial charge in [0.15, 0.2) is 0 Å². The van der Waals surface area contributed by atoms with Crippen LogP contribution in [0.25, 0.3) is 0 Å². The van der Waals surface area contributed by atoms with Crippen LogP contribution in [0.2, 0.25) is 0 Å². The van der Waals surface area contributed by atoms with E-state index in [9.17, 15) is 9.59 Å².